The number of aryl methyl sites for hydroxylation is 1. The van der Waals surface area contributed by atoms with E-state index in [0.29, 0.717) is 11.0 Å². The normalized spacial score (nSPS) is 12.1. The lowest BCUT2D eigenvalue weighted by molar-refractivity contribution is -0.122. The predicted molar refractivity (Wildman–Crippen MR) is 93.7 cm³/mol. The minimum Gasteiger partial charge on any atom is -0.348 e. The van der Waals surface area contributed by atoms with Crippen molar-refractivity contribution in [2.45, 2.75) is 26.4 Å². The molecule has 0 aliphatic rings. The van der Waals surface area contributed by atoms with Gasteiger partial charge in [0.25, 0.3) is 5.56 Å². The first-order chi connectivity index (χ1) is 11.6. The summed E-state index contributed by atoms with van der Waals surface area (Å²) in [6.45, 7) is 3.92. The number of amides is 1. The van der Waals surface area contributed by atoms with Gasteiger partial charge in [-0.15, -0.1) is 0 Å². The van der Waals surface area contributed by atoms with E-state index in [4.69, 9.17) is 0 Å². The molecule has 0 saturated heterocycles. The molecule has 0 fully saturated rings. The summed E-state index contributed by atoms with van der Waals surface area (Å²) < 4.78 is 1.45. The van der Waals surface area contributed by atoms with Gasteiger partial charge in [0.1, 0.15) is 6.54 Å². The van der Waals surface area contributed by atoms with Crippen LogP contribution in [0.25, 0.3) is 11.0 Å². The van der Waals surface area contributed by atoms with E-state index in [1.54, 1.807) is 6.07 Å². The van der Waals surface area contributed by atoms with Crippen LogP contribution in [-0.2, 0) is 11.3 Å². The predicted octanol–water partition coefficient (Wildman–Crippen LogP) is 2.58. The summed E-state index contributed by atoms with van der Waals surface area (Å²) in [6.07, 6.45) is 1.25. The number of nitrogens with one attached hydrogen (secondary N) is 1. The van der Waals surface area contributed by atoms with Crippen molar-refractivity contribution < 1.29 is 4.79 Å². The van der Waals surface area contributed by atoms with Crippen LogP contribution < -0.4 is 10.9 Å². The van der Waals surface area contributed by atoms with Crippen molar-refractivity contribution >= 4 is 16.9 Å². The number of rotatable bonds is 4. The van der Waals surface area contributed by atoms with Crippen LogP contribution in [0.4, 0.5) is 0 Å². The number of fused-ring (bicyclic) bond motifs is 1. The van der Waals surface area contributed by atoms with Gasteiger partial charge >= 0.3 is 0 Å². The van der Waals surface area contributed by atoms with E-state index in [0.717, 1.165) is 11.1 Å². The summed E-state index contributed by atoms with van der Waals surface area (Å²) >= 11 is 0. The third kappa shape index (κ3) is 3.20. The fraction of sp³-hybridized carbons (Fsp3) is 0.211. The minimum absolute atomic E-state index is 0.0297. The third-order valence-electron chi connectivity index (χ3n) is 4.09. The highest BCUT2D eigenvalue weighted by Gasteiger charge is 2.13. The molecule has 0 aliphatic heterocycles. The van der Waals surface area contributed by atoms with Crippen LogP contribution in [0.2, 0.25) is 0 Å². The molecule has 0 saturated carbocycles. The number of aromatic nitrogens is 2. The smallest absolute Gasteiger partial charge is 0.269 e. The zero-order valence-corrected chi connectivity index (χ0v) is 13.7. The van der Waals surface area contributed by atoms with Gasteiger partial charge in [0.2, 0.25) is 5.91 Å². The molecule has 0 bridgehead atoms. The van der Waals surface area contributed by atoms with Gasteiger partial charge in [-0.2, -0.15) is 0 Å². The maximum absolute atomic E-state index is 12.4. The molecule has 122 valence electrons. The molecule has 1 N–H and O–H groups in total. The second-order valence-electron chi connectivity index (χ2n) is 5.82. The van der Waals surface area contributed by atoms with Crippen molar-refractivity contribution in [2.75, 3.05) is 0 Å². The first-order valence-electron chi connectivity index (χ1n) is 7.86. The summed E-state index contributed by atoms with van der Waals surface area (Å²) in [6, 6.07) is 15.1. The number of carbonyl (C=O) groups is 1. The molecular weight excluding hydrogens is 302 g/mol. The average Bonchev–Trinajstić information content (AvgIpc) is 2.58. The number of nitrogens with zero attached hydrogens (tertiary/aromatic N) is 2. The van der Waals surface area contributed by atoms with Crippen molar-refractivity contribution in [3.05, 3.63) is 76.2 Å². The van der Waals surface area contributed by atoms with Crippen molar-refractivity contribution in [3.8, 4) is 0 Å². The molecule has 0 radical (unpaired) electrons. The highest BCUT2D eigenvalue weighted by molar-refractivity contribution is 5.80. The van der Waals surface area contributed by atoms with E-state index in [1.165, 1.54) is 10.8 Å². The second kappa shape index (κ2) is 6.66. The molecule has 3 aromatic rings. The van der Waals surface area contributed by atoms with Crippen LogP contribution in [0, 0.1) is 6.92 Å². The van der Waals surface area contributed by atoms with Gasteiger partial charge in [-0.3, -0.25) is 14.2 Å². The molecule has 1 amide bonds. The van der Waals surface area contributed by atoms with Crippen LogP contribution >= 0.6 is 0 Å². The lowest BCUT2D eigenvalue weighted by Gasteiger charge is -2.17. The van der Waals surface area contributed by atoms with Crippen LogP contribution in [0.1, 0.15) is 24.1 Å². The molecule has 1 atom stereocenters. The minimum atomic E-state index is -0.285. The van der Waals surface area contributed by atoms with E-state index < -0.39 is 0 Å². The van der Waals surface area contributed by atoms with Crippen molar-refractivity contribution in [2.24, 2.45) is 0 Å². The zero-order chi connectivity index (χ0) is 17.1. The van der Waals surface area contributed by atoms with Gasteiger partial charge in [0, 0.05) is 0 Å². The Morgan fingerprint density at radius 3 is 2.67 bits per heavy atom. The Morgan fingerprint density at radius 2 is 1.88 bits per heavy atom. The van der Waals surface area contributed by atoms with Crippen LogP contribution in [-0.4, -0.2) is 15.5 Å². The summed E-state index contributed by atoms with van der Waals surface area (Å²) in [4.78, 5) is 28.6. The Hall–Kier alpha value is -2.95. The quantitative estimate of drug-likeness (QED) is 0.803. The molecule has 3 rings (SSSR count). The standard InChI is InChI=1S/C19H19N3O2/c1-13-7-3-4-8-15(13)14(2)21-18(23)12-22-17-10-6-5-9-16(17)20-11-19(22)24/h3-11,14H,12H2,1-2H3,(H,21,23). The van der Waals surface area contributed by atoms with Crippen molar-refractivity contribution in [3.63, 3.8) is 0 Å². The molecule has 24 heavy (non-hydrogen) atoms. The first kappa shape index (κ1) is 15.9. The van der Waals surface area contributed by atoms with Crippen molar-refractivity contribution in [1.29, 1.82) is 0 Å². The largest absolute Gasteiger partial charge is 0.348 e. The molecule has 1 heterocycles. The van der Waals surface area contributed by atoms with Gasteiger partial charge in [-0.05, 0) is 37.1 Å². The SMILES string of the molecule is Cc1ccccc1C(C)NC(=O)Cn1c(=O)cnc2ccccc21. The third-order valence-corrected chi connectivity index (χ3v) is 4.09. The Morgan fingerprint density at radius 1 is 1.17 bits per heavy atom. The number of carbonyl (C=O) groups excluding carboxylic acids is 1. The van der Waals surface area contributed by atoms with E-state index in [1.807, 2.05) is 56.3 Å². The molecule has 0 aliphatic carbocycles. The lowest BCUT2D eigenvalue weighted by Crippen LogP contribution is -2.34. The Kier molecular flexibility index (Phi) is 4.42. The average molecular weight is 321 g/mol. The maximum atomic E-state index is 12.4. The fourth-order valence-electron chi connectivity index (χ4n) is 2.86. The van der Waals surface area contributed by atoms with Gasteiger partial charge in [0.05, 0.1) is 23.3 Å². The van der Waals surface area contributed by atoms with Gasteiger partial charge in [-0.1, -0.05) is 36.4 Å². The Balaban J connectivity index is 1.82. The molecule has 1 aromatic heterocycles. The summed E-state index contributed by atoms with van der Waals surface area (Å²) in [5, 5.41) is 2.96. The molecule has 2 aromatic carbocycles. The Bertz CT molecular complexity index is 946. The number of para-hydroxylation sites is 2. The highest BCUT2D eigenvalue weighted by Crippen LogP contribution is 2.16. The van der Waals surface area contributed by atoms with Crippen LogP contribution in [0.15, 0.2) is 59.5 Å². The molecule has 0 spiro atoms. The maximum Gasteiger partial charge on any atom is 0.269 e. The second-order valence-corrected chi connectivity index (χ2v) is 5.82. The topological polar surface area (TPSA) is 64.0 Å². The fourth-order valence-corrected chi connectivity index (χ4v) is 2.86. The molecule has 5 heteroatoms. The molecular formula is C19H19N3O2. The van der Waals surface area contributed by atoms with E-state index in [9.17, 15) is 9.59 Å². The van der Waals surface area contributed by atoms with E-state index >= 15 is 0 Å². The monoisotopic (exact) mass is 321 g/mol. The van der Waals surface area contributed by atoms with Crippen LogP contribution in [0.3, 0.4) is 0 Å². The first-order valence-corrected chi connectivity index (χ1v) is 7.86. The van der Waals surface area contributed by atoms with Crippen LogP contribution in [0.5, 0.6) is 0 Å². The highest BCUT2D eigenvalue weighted by atomic mass is 16.2. The number of benzene rings is 2. The van der Waals surface area contributed by atoms with Crippen molar-refractivity contribution in [1.82, 2.24) is 14.9 Å². The number of hydrogen-bond acceptors (Lipinski definition) is 3. The van der Waals surface area contributed by atoms with E-state index in [2.05, 4.69) is 10.3 Å². The zero-order valence-electron chi connectivity index (χ0n) is 13.7. The summed E-state index contributed by atoms with van der Waals surface area (Å²) in [7, 11) is 0. The Labute approximate surface area is 140 Å². The van der Waals surface area contributed by atoms with E-state index in [-0.39, 0.29) is 24.1 Å². The van der Waals surface area contributed by atoms with Gasteiger partial charge < -0.3 is 5.32 Å². The van der Waals surface area contributed by atoms with Gasteiger partial charge in [0.15, 0.2) is 0 Å². The molecule has 5 nitrogen and oxygen atoms in total. The lowest BCUT2D eigenvalue weighted by atomic mass is 10.0. The van der Waals surface area contributed by atoms with Gasteiger partial charge in [-0.25, -0.2) is 4.98 Å². The number of hydrogen-bond donors (Lipinski definition) is 1. The molecule has 1 unspecified atom stereocenters. The summed E-state index contributed by atoms with van der Waals surface area (Å²) in [5.74, 6) is -0.204. The summed E-state index contributed by atoms with van der Waals surface area (Å²) in [5.41, 5.74) is 3.25.